The van der Waals surface area contributed by atoms with Crippen molar-refractivity contribution in [2.45, 2.75) is 32.1 Å². The second kappa shape index (κ2) is 8.03. The van der Waals surface area contributed by atoms with Crippen molar-refractivity contribution < 1.29 is 9.90 Å². The maximum absolute atomic E-state index is 13.4. The molecule has 0 radical (unpaired) electrons. The lowest BCUT2D eigenvalue weighted by Crippen LogP contribution is -2.51. The lowest BCUT2D eigenvalue weighted by Gasteiger charge is -2.42. The van der Waals surface area contributed by atoms with E-state index in [4.69, 9.17) is 5.73 Å². The van der Waals surface area contributed by atoms with Crippen LogP contribution in [-0.2, 0) is 10.2 Å². The number of aryl methyl sites for hydroxylation is 1. The van der Waals surface area contributed by atoms with E-state index in [0.717, 1.165) is 42.4 Å². The number of piperidine rings is 1. The van der Waals surface area contributed by atoms with Crippen molar-refractivity contribution in [2.75, 3.05) is 13.1 Å². The monoisotopic (exact) mass is 404 g/mol. The lowest BCUT2D eigenvalue weighted by molar-refractivity contribution is -0.124. The van der Waals surface area contributed by atoms with Crippen molar-refractivity contribution in [3.8, 4) is 5.75 Å². The summed E-state index contributed by atoms with van der Waals surface area (Å²) in [7, 11) is 0. The minimum Gasteiger partial charge on any atom is -0.508 e. The largest absolute Gasteiger partial charge is 0.508 e. The zero-order valence-electron chi connectivity index (χ0n) is 17.4. The summed E-state index contributed by atoms with van der Waals surface area (Å²) in [5.74, 6) is -0.356. The Labute approximate surface area is 176 Å². The van der Waals surface area contributed by atoms with Crippen LogP contribution in [0.1, 0.15) is 36.6 Å². The molecule has 1 aliphatic heterocycles. The fourth-order valence-electron chi connectivity index (χ4n) is 5.05. The number of nitrogens with one attached hydrogen (secondary N) is 1. The van der Waals surface area contributed by atoms with Crippen LogP contribution >= 0.6 is 0 Å². The Balaban J connectivity index is 2.05. The summed E-state index contributed by atoms with van der Waals surface area (Å²) in [5, 5.41) is 15.0. The van der Waals surface area contributed by atoms with Gasteiger partial charge in [0, 0.05) is 10.9 Å². The van der Waals surface area contributed by atoms with Gasteiger partial charge in [-0.05, 0) is 62.4 Å². The smallest absolute Gasteiger partial charge is 0.234 e. The number of aromatic nitrogens is 2. The van der Waals surface area contributed by atoms with Gasteiger partial charge in [0.25, 0.3) is 0 Å². The molecule has 6 heteroatoms. The van der Waals surface area contributed by atoms with Crippen LogP contribution in [0.2, 0.25) is 0 Å². The molecule has 1 saturated heterocycles. The number of hydrogen-bond acceptors (Lipinski definition) is 5. The number of fused-ring (bicyclic) bond motifs is 1. The van der Waals surface area contributed by atoms with Gasteiger partial charge in [-0.2, -0.15) is 0 Å². The molecule has 6 nitrogen and oxygen atoms in total. The van der Waals surface area contributed by atoms with Gasteiger partial charge in [-0.25, -0.2) is 9.97 Å². The van der Waals surface area contributed by atoms with E-state index in [0.29, 0.717) is 11.3 Å². The second-order valence-corrected chi connectivity index (χ2v) is 8.31. The van der Waals surface area contributed by atoms with Crippen LogP contribution in [0, 0.1) is 18.8 Å². The maximum atomic E-state index is 13.4. The van der Waals surface area contributed by atoms with Gasteiger partial charge in [0.05, 0.1) is 11.2 Å². The maximum Gasteiger partial charge on any atom is 0.234 e. The topological polar surface area (TPSA) is 101 Å². The first-order valence-electron chi connectivity index (χ1n) is 10.5. The molecule has 3 aromatic rings. The Bertz CT molecular complexity index is 1080. The van der Waals surface area contributed by atoms with Crippen molar-refractivity contribution in [2.24, 2.45) is 17.6 Å². The van der Waals surface area contributed by atoms with Gasteiger partial charge < -0.3 is 16.2 Å². The van der Waals surface area contributed by atoms with Crippen LogP contribution in [0.4, 0.5) is 0 Å². The molecular weight excluding hydrogens is 376 g/mol. The number of phenolic OH excluding ortho intramolecular Hbond substituents is 1. The first kappa shape index (κ1) is 20.3. The van der Waals surface area contributed by atoms with Gasteiger partial charge in [-0.15, -0.1) is 0 Å². The Morgan fingerprint density at radius 2 is 1.93 bits per heavy atom. The van der Waals surface area contributed by atoms with E-state index in [1.165, 1.54) is 6.33 Å². The van der Waals surface area contributed by atoms with E-state index in [2.05, 4.69) is 22.2 Å². The predicted octanol–water partition coefficient (Wildman–Crippen LogP) is 3.05. The van der Waals surface area contributed by atoms with E-state index in [1.54, 1.807) is 18.2 Å². The van der Waals surface area contributed by atoms with E-state index in [9.17, 15) is 9.90 Å². The van der Waals surface area contributed by atoms with Crippen LogP contribution in [0.3, 0.4) is 0 Å². The Hall–Kier alpha value is -2.99. The highest BCUT2D eigenvalue weighted by Gasteiger charge is 2.51. The molecule has 2 atom stereocenters. The molecule has 156 valence electrons. The molecule has 2 unspecified atom stereocenters. The summed E-state index contributed by atoms with van der Waals surface area (Å²) in [6.45, 7) is 5.86. The Kier molecular flexibility index (Phi) is 5.43. The third kappa shape index (κ3) is 3.21. The van der Waals surface area contributed by atoms with Crippen LogP contribution in [0.25, 0.3) is 10.9 Å². The van der Waals surface area contributed by atoms with Crippen LogP contribution in [0.15, 0.2) is 48.8 Å². The van der Waals surface area contributed by atoms with Gasteiger partial charge in [0.15, 0.2) is 0 Å². The number of hydrogen-bond donors (Lipinski definition) is 3. The number of benzene rings is 2. The average Bonchev–Trinajstić information content (AvgIpc) is 2.75. The lowest BCUT2D eigenvalue weighted by atomic mass is 9.61. The molecule has 4 rings (SSSR count). The quantitative estimate of drug-likeness (QED) is 0.607. The number of primary amides is 1. The van der Waals surface area contributed by atoms with Gasteiger partial charge in [-0.3, -0.25) is 4.79 Å². The average molecular weight is 405 g/mol. The first-order valence-corrected chi connectivity index (χ1v) is 10.5. The third-order valence-electron chi connectivity index (χ3n) is 6.66. The highest BCUT2D eigenvalue weighted by molar-refractivity contribution is 5.97. The molecule has 4 N–H and O–H groups in total. The number of rotatable bonds is 5. The first-order chi connectivity index (χ1) is 14.5. The molecular formula is C24H28N4O2. The van der Waals surface area contributed by atoms with Crippen molar-refractivity contribution in [3.05, 3.63) is 65.6 Å². The number of amides is 1. The highest BCUT2D eigenvalue weighted by atomic mass is 16.3. The summed E-state index contributed by atoms with van der Waals surface area (Å²) in [6, 6.07) is 12.9. The fraction of sp³-hybridized carbons (Fsp3) is 0.375. The summed E-state index contributed by atoms with van der Waals surface area (Å²) < 4.78 is 0. The standard InChI is InChI=1S/C24H28N4O2/c1-15-7-8-18-20(13-15)27-14-28-22(18)24(23(25)30,19-5-3-4-6-21(19)29)16(2)17-9-11-26-12-10-17/h3-8,13-14,16-17,26,29H,9-12H2,1-2H3,(H2,25,30). The molecule has 0 bridgehead atoms. The van der Waals surface area contributed by atoms with E-state index >= 15 is 0 Å². The summed E-state index contributed by atoms with van der Waals surface area (Å²) >= 11 is 0. The van der Waals surface area contributed by atoms with Crippen LogP contribution in [0.5, 0.6) is 5.75 Å². The zero-order chi connectivity index (χ0) is 21.3. The van der Waals surface area contributed by atoms with E-state index in [1.807, 2.05) is 31.2 Å². The van der Waals surface area contributed by atoms with E-state index in [-0.39, 0.29) is 17.6 Å². The van der Waals surface area contributed by atoms with Crippen LogP contribution < -0.4 is 11.1 Å². The molecule has 2 aromatic carbocycles. The Morgan fingerprint density at radius 1 is 1.20 bits per heavy atom. The van der Waals surface area contributed by atoms with Crippen molar-refractivity contribution in [1.29, 1.82) is 0 Å². The SMILES string of the molecule is Cc1ccc2c(C(C(N)=O)(c3ccccc3O)C(C)C3CCNCC3)ncnc2c1. The van der Waals surface area contributed by atoms with Crippen LogP contribution in [-0.4, -0.2) is 34.1 Å². The number of para-hydroxylation sites is 1. The molecule has 0 aliphatic carbocycles. The van der Waals surface area contributed by atoms with Crippen molar-refractivity contribution in [3.63, 3.8) is 0 Å². The molecule has 1 fully saturated rings. The number of nitrogens with zero attached hydrogens (tertiary/aromatic N) is 2. The minimum atomic E-state index is -1.27. The minimum absolute atomic E-state index is 0.0518. The summed E-state index contributed by atoms with van der Waals surface area (Å²) in [5.41, 5.74) is 7.84. The number of phenols is 1. The molecule has 30 heavy (non-hydrogen) atoms. The number of carbonyl (C=O) groups excluding carboxylic acids is 1. The molecule has 1 amide bonds. The fourth-order valence-corrected chi connectivity index (χ4v) is 5.05. The third-order valence-corrected chi connectivity index (χ3v) is 6.66. The molecule has 0 saturated carbocycles. The molecule has 1 aromatic heterocycles. The predicted molar refractivity (Wildman–Crippen MR) is 117 cm³/mol. The van der Waals surface area contributed by atoms with E-state index < -0.39 is 11.3 Å². The zero-order valence-corrected chi connectivity index (χ0v) is 17.4. The number of aromatic hydroxyl groups is 1. The summed E-state index contributed by atoms with van der Waals surface area (Å²) in [6.07, 6.45) is 3.36. The van der Waals surface area contributed by atoms with Crippen molar-refractivity contribution in [1.82, 2.24) is 15.3 Å². The number of carbonyl (C=O) groups is 1. The van der Waals surface area contributed by atoms with Gasteiger partial charge in [0.2, 0.25) is 5.91 Å². The van der Waals surface area contributed by atoms with Gasteiger partial charge in [0.1, 0.15) is 17.5 Å². The Morgan fingerprint density at radius 3 is 2.63 bits per heavy atom. The van der Waals surface area contributed by atoms with Gasteiger partial charge >= 0.3 is 0 Å². The second-order valence-electron chi connectivity index (χ2n) is 8.31. The number of nitrogens with two attached hydrogens (primary N) is 1. The van der Waals surface area contributed by atoms with Gasteiger partial charge in [-0.1, -0.05) is 37.3 Å². The molecule has 2 heterocycles. The molecule has 1 aliphatic rings. The normalized spacial score (nSPS) is 18.1. The van der Waals surface area contributed by atoms with Crippen molar-refractivity contribution >= 4 is 16.8 Å². The molecule has 0 spiro atoms. The highest BCUT2D eigenvalue weighted by Crippen LogP contribution is 2.48. The summed E-state index contributed by atoms with van der Waals surface area (Å²) in [4.78, 5) is 22.5.